The number of hydrogen-bond acceptors (Lipinski definition) is 5. The summed E-state index contributed by atoms with van der Waals surface area (Å²) >= 11 is 1.51. The number of nitrogens with one attached hydrogen (secondary N) is 1. The van der Waals surface area contributed by atoms with E-state index in [2.05, 4.69) is 15.3 Å². The molecule has 0 atom stereocenters. The Balaban J connectivity index is 1.73. The highest BCUT2D eigenvalue weighted by Crippen LogP contribution is 2.28. The second kappa shape index (κ2) is 6.83. The van der Waals surface area contributed by atoms with Crippen molar-refractivity contribution >= 4 is 23.4 Å². The van der Waals surface area contributed by atoms with Crippen molar-refractivity contribution in [1.82, 2.24) is 9.97 Å². The molecule has 0 unspecified atom stereocenters. The second-order valence-electron chi connectivity index (χ2n) is 4.88. The van der Waals surface area contributed by atoms with E-state index < -0.39 is 0 Å². The minimum Gasteiger partial charge on any atom is -0.383 e. The first-order valence-electron chi connectivity index (χ1n) is 6.70. The largest absolute Gasteiger partial charge is 0.383 e. The summed E-state index contributed by atoms with van der Waals surface area (Å²) in [5.74, 6) is 2.34. The normalized spacial score (nSPS) is 16.1. The minimum absolute atomic E-state index is 0.535. The van der Waals surface area contributed by atoms with Crippen LogP contribution in [0.25, 0.3) is 0 Å². The van der Waals surface area contributed by atoms with Crippen molar-refractivity contribution in [2.75, 3.05) is 23.9 Å². The minimum atomic E-state index is 0.535. The SMILES string of the molecule is CSc1nc(N)cc(NCCCC2CCCC2)n1. The number of anilines is 2. The smallest absolute Gasteiger partial charge is 0.191 e. The second-order valence-corrected chi connectivity index (χ2v) is 5.66. The van der Waals surface area contributed by atoms with Crippen molar-refractivity contribution in [1.29, 1.82) is 0 Å². The maximum Gasteiger partial charge on any atom is 0.191 e. The van der Waals surface area contributed by atoms with Gasteiger partial charge in [-0.3, -0.25) is 0 Å². The van der Waals surface area contributed by atoms with Crippen molar-refractivity contribution in [2.45, 2.75) is 43.7 Å². The van der Waals surface area contributed by atoms with E-state index in [0.717, 1.165) is 23.4 Å². The van der Waals surface area contributed by atoms with E-state index in [1.54, 1.807) is 6.07 Å². The van der Waals surface area contributed by atoms with Crippen LogP contribution in [0, 0.1) is 5.92 Å². The molecule has 1 aromatic rings. The molecule has 0 radical (unpaired) electrons. The van der Waals surface area contributed by atoms with Crippen LogP contribution in [0.5, 0.6) is 0 Å². The van der Waals surface area contributed by atoms with Crippen molar-refractivity contribution in [2.24, 2.45) is 5.92 Å². The summed E-state index contributed by atoms with van der Waals surface area (Å²) in [5.41, 5.74) is 5.73. The number of nitrogens with two attached hydrogens (primary N) is 1. The lowest BCUT2D eigenvalue weighted by Crippen LogP contribution is -2.07. The van der Waals surface area contributed by atoms with Crippen molar-refractivity contribution in [3.8, 4) is 0 Å². The van der Waals surface area contributed by atoms with Gasteiger partial charge in [0, 0.05) is 12.6 Å². The highest BCUT2D eigenvalue weighted by atomic mass is 32.2. The molecule has 0 aromatic carbocycles. The Morgan fingerprint density at radius 1 is 1.39 bits per heavy atom. The van der Waals surface area contributed by atoms with Crippen LogP contribution in [-0.4, -0.2) is 22.8 Å². The molecule has 1 aromatic heterocycles. The number of nitrogen functional groups attached to an aromatic ring is 1. The lowest BCUT2D eigenvalue weighted by Gasteiger charge is -2.10. The van der Waals surface area contributed by atoms with Gasteiger partial charge in [-0.15, -0.1) is 0 Å². The fourth-order valence-electron chi connectivity index (χ4n) is 2.53. The van der Waals surface area contributed by atoms with Gasteiger partial charge in [-0.05, 0) is 25.0 Å². The molecule has 5 heteroatoms. The zero-order valence-electron chi connectivity index (χ0n) is 11.0. The zero-order valence-corrected chi connectivity index (χ0v) is 11.8. The molecule has 4 nitrogen and oxygen atoms in total. The third-order valence-electron chi connectivity index (χ3n) is 3.48. The van der Waals surface area contributed by atoms with Gasteiger partial charge in [0.2, 0.25) is 0 Å². The van der Waals surface area contributed by atoms with E-state index in [1.807, 2.05) is 6.26 Å². The Hall–Kier alpha value is -0.970. The first-order chi connectivity index (χ1) is 8.78. The Morgan fingerprint density at radius 2 is 2.17 bits per heavy atom. The third kappa shape index (κ3) is 4.05. The summed E-state index contributed by atoms with van der Waals surface area (Å²) in [6.07, 6.45) is 10.2. The fourth-order valence-corrected chi connectivity index (χ4v) is 2.92. The van der Waals surface area contributed by atoms with E-state index in [9.17, 15) is 0 Å². The Morgan fingerprint density at radius 3 is 2.89 bits per heavy atom. The highest BCUT2D eigenvalue weighted by molar-refractivity contribution is 7.98. The summed E-state index contributed by atoms with van der Waals surface area (Å²) in [4.78, 5) is 8.52. The lowest BCUT2D eigenvalue weighted by atomic mass is 10.0. The molecule has 100 valence electrons. The first kappa shape index (κ1) is 13.5. The summed E-state index contributed by atoms with van der Waals surface area (Å²) in [7, 11) is 0. The monoisotopic (exact) mass is 266 g/mol. The molecule has 1 heterocycles. The van der Waals surface area contributed by atoms with Crippen LogP contribution in [-0.2, 0) is 0 Å². The molecule has 0 amide bonds. The Labute approximate surface area is 113 Å². The molecule has 0 spiro atoms. The van der Waals surface area contributed by atoms with Gasteiger partial charge in [0.25, 0.3) is 0 Å². The van der Waals surface area contributed by atoms with Crippen LogP contribution in [0.4, 0.5) is 11.6 Å². The van der Waals surface area contributed by atoms with Crippen molar-refractivity contribution in [3.05, 3.63) is 6.07 Å². The molecule has 18 heavy (non-hydrogen) atoms. The summed E-state index contributed by atoms with van der Waals surface area (Å²) in [6.45, 7) is 0.973. The number of thioether (sulfide) groups is 1. The van der Waals surface area contributed by atoms with Crippen LogP contribution < -0.4 is 11.1 Å². The molecular weight excluding hydrogens is 244 g/mol. The van der Waals surface area contributed by atoms with Gasteiger partial charge < -0.3 is 11.1 Å². The van der Waals surface area contributed by atoms with Crippen LogP contribution in [0.15, 0.2) is 11.2 Å². The first-order valence-corrected chi connectivity index (χ1v) is 7.93. The van der Waals surface area contributed by atoms with Crippen LogP contribution in [0.3, 0.4) is 0 Å². The average molecular weight is 266 g/mol. The number of aromatic nitrogens is 2. The van der Waals surface area contributed by atoms with Gasteiger partial charge in [0.05, 0.1) is 0 Å². The van der Waals surface area contributed by atoms with E-state index >= 15 is 0 Å². The number of nitrogens with zero attached hydrogens (tertiary/aromatic N) is 2. The molecule has 0 saturated heterocycles. The molecule has 3 N–H and O–H groups in total. The standard InChI is InChI=1S/C13H22N4S/c1-18-13-16-11(14)9-12(17-13)15-8-4-7-10-5-2-3-6-10/h9-10H,2-8H2,1H3,(H3,14,15,16,17). The average Bonchev–Trinajstić information content (AvgIpc) is 2.87. The maximum absolute atomic E-state index is 5.73. The van der Waals surface area contributed by atoms with Crippen molar-refractivity contribution < 1.29 is 0 Å². The molecule has 1 saturated carbocycles. The summed E-state index contributed by atoms with van der Waals surface area (Å²) < 4.78 is 0. The van der Waals surface area contributed by atoms with Crippen molar-refractivity contribution in [3.63, 3.8) is 0 Å². The lowest BCUT2D eigenvalue weighted by molar-refractivity contribution is 0.491. The predicted molar refractivity (Wildman–Crippen MR) is 77.9 cm³/mol. The molecule has 0 aliphatic heterocycles. The molecule has 1 fully saturated rings. The molecule has 2 rings (SSSR count). The third-order valence-corrected chi connectivity index (χ3v) is 4.03. The van der Waals surface area contributed by atoms with Crippen LogP contribution in [0.1, 0.15) is 38.5 Å². The van der Waals surface area contributed by atoms with Gasteiger partial charge in [-0.1, -0.05) is 37.4 Å². The quantitative estimate of drug-likeness (QED) is 0.470. The Bertz CT molecular complexity index is 377. The van der Waals surface area contributed by atoms with Crippen LogP contribution >= 0.6 is 11.8 Å². The van der Waals surface area contributed by atoms with Crippen LogP contribution in [0.2, 0.25) is 0 Å². The van der Waals surface area contributed by atoms with E-state index in [0.29, 0.717) is 5.82 Å². The van der Waals surface area contributed by atoms with Gasteiger partial charge in [-0.2, -0.15) is 0 Å². The maximum atomic E-state index is 5.73. The number of rotatable bonds is 6. The molecule has 1 aliphatic carbocycles. The van der Waals surface area contributed by atoms with Gasteiger partial charge >= 0.3 is 0 Å². The topological polar surface area (TPSA) is 63.8 Å². The van der Waals surface area contributed by atoms with E-state index in [4.69, 9.17) is 5.73 Å². The molecular formula is C13H22N4S. The predicted octanol–water partition coefficient (Wildman–Crippen LogP) is 3.16. The highest BCUT2D eigenvalue weighted by Gasteiger charge is 2.13. The van der Waals surface area contributed by atoms with E-state index in [-0.39, 0.29) is 0 Å². The number of hydrogen-bond donors (Lipinski definition) is 2. The summed E-state index contributed by atoms with van der Waals surface area (Å²) in [6, 6.07) is 1.80. The van der Waals surface area contributed by atoms with Gasteiger partial charge in [0.15, 0.2) is 5.16 Å². The summed E-state index contributed by atoms with van der Waals surface area (Å²) in [5, 5.41) is 4.07. The molecule has 1 aliphatic rings. The zero-order chi connectivity index (χ0) is 12.8. The van der Waals surface area contributed by atoms with E-state index in [1.165, 1.54) is 50.3 Å². The van der Waals surface area contributed by atoms with Gasteiger partial charge in [0.1, 0.15) is 11.6 Å². The Kier molecular flexibility index (Phi) is 5.11. The fraction of sp³-hybridized carbons (Fsp3) is 0.692. The molecule has 0 bridgehead atoms. The van der Waals surface area contributed by atoms with Gasteiger partial charge in [-0.25, -0.2) is 9.97 Å².